The van der Waals surface area contributed by atoms with Gasteiger partial charge >= 0.3 is 10.1 Å². The number of rotatable bonds is 6. The Hall–Kier alpha value is -1.79. The summed E-state index contributed by atoms with van der Waals surface area (Å²) >= 11 is 3.90. The maximum Gasteiger partial charge on any atom is 0.339 e. The summed E-state index contributed by atoms with van der Waals surface area (Å²) in [6, 6.07) is 14.5. The highest BCUT2D eigenvalue weighted by Gasteiger charge is 2.21. The maximum atomic E-state index is 12.3. The van der Waals surface area contributed by atoms with Gasteiger partial charge in [0, 0.05) is 12.2 Å². The van der Waals surface area contributed by atoms with Crippen LogP contribution in [0.1, 0.15) is 5.56 Å². The summed E-state index contributed by atoms with van der Waals surface area (Å²) in [6.07, 6.45) is 0.0110. The quantitative estimate of drug-likeness (QED) is 0.656. The van der Waals surface area contributed by atoms with Crippen molar-refractivity contribution in [3.05, 3.63) is 60.2 Å². The summed E-state index contributed by atoms with van der Waals surface area (Å²) in [5.74, 6) is 0.141. The van der Waals surface area contributed by atoms with Crippen LogP contribution in [0.25, 0.3) is 0 Å². The molecular formula is C15H14O4S2. The van der Waals surface area contributed by atoms with Crippen LogP contribution in [0, 0.1) is 0 Å². The molecule has 21 heavy (non-hydrogen) atoms. The summed E-state index contributed by atoms with van der Waals surface area (Å²) in [5, 5.41) is 0. The van der Waals surface area contributed by atoms with Crippen molar-refractivity contribution in [3.8, 4) is 5.75 Å². The van der Waals surface area contributed by atoms with E-state index in [2.05, 4.69) is 12.6 Å². The third-order valence-electron chi connectivity index (χ3n) is 2.76. The van der Waals surface area contributed by atoms with E-state index in [9.17, 15) is 13.2 Å². The Bertz CT molecular complexity index is 724. The van der Waals surface area contributed by atoms with Crippen molar-refractivity contribution < 1.29 is 17.4 Å². The molecule has 0 atom stereocenters. The third kappa shape index (κ3) is 4.09. The van der Waals surface area contributed by atoms with Crippen molar-refractivity contribution >= 4 is 28.5 Å². The van der Waals surface area contributed by atoms with Crippen LogP contribution in [0.5, 0.6) is 5.75 Å². The third-order valence-corrected chi connectivity index (χ3v) is 4.46. The highest BCUT2D eigenvalue weighted by atomic mass is 32.2. The van der Waals surface area contributed by atoms with Crippen molar-refractivity contribution in [2.45, 2.75) is 11.3 Å². The molecule has 0 N–H and O–H groups in total. The molecule has 0 aliphatic rings. The van der Waals surface area contributed by atoms with Crippen LogP contribution < -0.4 is 4.18 Å². The summed E-state index contributed by atoms with van der Waals surface area (Å²) in [5.41, 5.74) is 0.410. The zero-order valence-corrected chi connectivity index (χ0v) is 12.8. The van der Waals surface area contributed by atoms with Gasteiger partial charge in [-0.05, 0) is 23.8 Å². The van der Waals surface area contributed by atoms with Crippen molar-refractivity contribution in [3.63, 3.8) is 0 Å². The number of ketones is 1. The van der Waals surface area contributed by atoms with Gasteiger partial charge in [0.15, 0.2) is 0 Å². The normalized spacial score (nSPS) is 11.1. The van der Waals surface area contributed by atoms with E-state index < -0.39 is 10.1 Å². The molecule has 110 valence electrons. The molecule has 0 aliphatic heterocycles. The molecule has 0 aliphatic carbocycles. The second-order valence-corrected chi connectivity index (χ2v) is 6.16. The SMILES string of the molecule is O=C(CS)Cc1ccccc1S(=O)(=O)Oc1ccccc1. The van der Waals surface area contributed by atoms with E-state index in [0.717, 1.165) is 0 Å². The van der Waals surface area contributed by atoms with Gasteiger partial charge in [0.05, 0.1) is 0 Å². The van der Waals surface area contributed by atoms with Gasteiger partial charge in [0.1, 0.15) is 16.4 Å². The predicted octanol–water partition coefficient (Wildman–Crippen LogP) is 2.50. The van der Waals surface area contributed by atoms with Crippen LogP contribution in [0.4, 0.5) is 0 Å². The summed E-state index contributed by atoms with van der Waals surface area (Å²) in [4.78, 5) is 11.5. The topological polar surface area (TPSA) is 60.4 Å². The number of hydrogen-bond donors (Lipinski definition) is 1. The number of Topliss-reactive ketones (excluding diaryl/α,β-unsaturated/α-hetero) is 1. The molecule has 0 unspecified atom stereocenters. The molecule has 0 radical (unpaired) electrons. The van der Waals surface area contributed by atoms with Crippen LogP contribution in [0.3, 0.4) is 0 Å². The number of para-hydroxylation sites is 1. The van der Waals surface area contributed by atoms with Crippen LogP contribution in [-0.2, 0) is 21.3 Å². The Morgan fingerprint density at radius 3 is 2.29 bits per heavy atom. The fraction of sp³-hybridized carbons (Fsp3) is 0.133. The minimum absolute atomic E-state index is 0.00369. The Morgan fingerprint density at radius 2 is 1.62 bits per heavy atom. The molecule has 0 heterocycles. The van der Waals surface area contributed by atoms with E-state index in [-0.39, 0.29) is 28.6 Å². The van der Waals surface area contributed by atoms with Crippen molar-refractivity contribution in [1.29, 1.82) is 0 Å². The summed E-state index contributed by atoms with van der Waals surface area (Å²) in [6.45, 7) is 0. The fourth-order valence-electron chi connectivity index (χ4n) is 1.81. The highest BCUT2D eigenvalue weighted by Crippen LogP contribution is 2.21. The maximum absolute atomic E-state index is 12.3. The number of carbonyl (C=O) groups is 1. The lowest BCUT2D eigenvalue weighted by Crippen LogP contribution is -2.14. The lowest BCUT2D eigenvalue weighted by atomic mass is 10.1. The monoisotopic (exact) mass is 322 g/mol. The van der Waals surface area contributed by atoms with Crippen molar-refractivity contribution in [2.24, 2.45) is 0 Å². The van der Waals surface area contributed by atoms with Crippen molar-refractivity contribution in [2.75, 3.05) is 5.75 Å². The smallest absolute Gasteiger partial charge is 0.339 e. The van der Waals surface area contributed by atoms with E-state index >= 15 is 0 Å². The summed E-state index contributed by atoms with van der Waals surface area (Å²) in [7, 11) is -3.97. The lowest BCUT2D eigenvalue weighted by molar-refractivity contribution is -0.116. The molecule has 2 aromatic carbocycles. The molecule has 0 fully saturated rings. The first kappa shape index (κ1) is 15.6. The van der Waals surface area contributed by atoms with Gasteiger partial charge in [0.2, 0.25) is 0 Å². The van der Waals surface area contributed by atoms with Gasteiger partial charge in [0.25, 0.3) is 0 Å². The van der Waals surface area contributed by atoms with E-state index in [1.54, 1.807) is 48.5 Å². The average Bonchev–Trinajstić information content (AvgIpc) is 2.48. The molecule has 0 aromatic heterocycles. The lowest BCUT2D eigenvalue weighted by Gasteiger charge is -2.10. The first-order valence-electron chi connectivity index (χ1n) is 6.23. The standard InChI is InChI=1S/C15H14O4S2/c16-13(11-20)10-12-6-4-5-9-15(12)21(17,18)19-14-7-2-1-3-8-14/h1-9,20H,10-11H2. The van der Waals surface area contributed by atoms with E-state index in [1.165, 1.54) is 6.07 Å². The first-order valence-corrected chi connectivity index (χ1v) is 8.27. The number of hydrogen-bond acceptors (Lipinski definition) is 5. The molecule has 0 saturated carbocycles. The zero-order valence-electron chi connectivity index (χ0n) is 11.1. The van der Waals surface area contributed by atoms with Gasteiger partial charge in [-0.1, -0.05) is 36.4 Å². The van der Waals surface area contributed by atoms with Crippen LogP contribution >= 0.6 is 12.6 Å². The molecule has 0 spiro atoms. The van der Waals surface area contributed by atoms with Crippen molar-refractivity contribution in [1.82, 2.24) is 0 Å². The van der Waals surface area contributed by atoms with Gasteiger partial charge in [-0.2, -0.15) is 21.0 Å². The van der Waals surface area contributed by atoms with Crippen LogP contribution in [-0.4, -0.2) is 20.0 Å². The highest BCUT2D eigenvalue weighted by molar-refractivity contribution is 7.87. The largest absolute Gasteiger partial charge is 0.379 e. The Morgan fingerprint density at radius 1 is 1.00 bits per heavy atom. The van der Waals surface area contributed by atoms with Gasteiger partial charge < -0.3 is 4.18 Å². The van der Waals surface area contributed by atoms with E-state index in [0.29, 0.717) is 5.56 Å². The summed E-state index contributed by atoms with van der Waals surface area (Å²) < 4.78 is 29.8. The molecular weight excluding hydrogens is 308 g/mol. The second-order valence-electron chi connectivity index (χ2n) is 4.33. The number of thiol groups is 1. The fourth-order valence-corrected chi connectivity index (χ4v) is 3.08. The predicted molar refractivity (Wildman–Crippen MR) is 83.3 cm³/mol. The Kier molecular flexibility index (Phi) is 5.03. The van der Waals surface area contributed by atoms with Crippen LogP contribution in [0.2, 0.25) is 0 Å². The molecule has 0 saturated heterocycles. The molecule has 4 nitrogen and oxygen atoms in total. The Labute approximate surface area is 129 Å². The number of benzene rings is 2. The second kappa shape index (κ2) is 6.78. The zero-order chi connectivity index (χ0) is 15.3. The molecule has 2 rings (SSSR count). The molecule has 6 heteroatoms. The Balaban J connectivity index is 2.34. The molecule has 2 aromatic rings. The van der Waals surface area contributed by atoms with E-state index in [4.69, 9.17) is 4.18 Å². The molecule has 0 bridgehead atoms. The molecule has 0 amide bonds. The van der Waals surface area contributed by atoms with E-state index in [1.807, 2.05) is 0 Å². The number of carbonyl (C=O) groups excluding carboxylic acids is 1. The first-order chi connectivity index (χ1) is 10.0. The van der Waals surface area contributed by atoms with Crippen LogP contribution in [0.15, 0.2) is 59.5 Å². The van der Waals surface area contributed by atoms with Gasteiger partial charge in [-0.15, -0.1) is 0 Å². The van der Waals surface area contributed by atoms with Gasteiger partial charge in [-0.25, -0.2) is 0 Å². The minimum atomic E-state index is -3.97. The van der Waals surface area contributed by atoms with Gasteiger partial charge in [-0.3, -0.25) is 4.79 Å². The average molecular weight is 322 g/mol. The minimum Gasteiger partial charge on any atom is -0.379 e.